The number of carbonyl (C=O) groups is 1. The Bertz CT molecular complexity index is 350. The first kappa shape index (κ1) is 15.1. The molecule has 0 atom stereocenters. The van der Waals surface area contributed by atoms with Crippen molar-refractivity contribution < 1.29 is 24.1 Å². The fourth-order valence-corrected chi connectivity index (χ4v) is 2.03. The highest BCUT2D eigenvalue weighted by molar-refractivity contribution is 7.13. The molecule has 5 nitrogen and oxygen atoms in total. The molecule has 1 aromatic rings. The van der Waals surface area contributed by atoms with Gasteiger partial charge >= 0.3 is 5.97 Å². The SMILES string of the molecule is COCCOCCCOCc1ccc(C(=O)O)s1. The summed E-state index contributed by atoms with van der Waals surface area (Å²) in [7, 11) is 1.64. The molecule has 0 radical (unpaired) electrons. The monoisotopic (exact) mass is 274 g/mol. The van der Waals surface area contributed by atoms with E-state index in [0.717, 1.165) is 11.3 Å². The van der Waals surface area contributed by atoms with Crippen LogP contribution in [0.3, 0.4) is 0 Å². The molecule has 1 heterocycles. The van der Waals surface area contributed by atoms with Crippen LogP contribution in [0.2, 0.25) is 0 Å². The first-order valence-corrected chi connectivity index (χ1v) is 6.52. The van der Waals surface area contributed by atoms with Crippen LogP contribution in [-0.2, 0) is 20.8 Å². The average molecular weight is 274 g/mol. The molecule has 0 aliphatic carbocycles. The third kappa shape index (κ3) is 6.11. The van der Waals surface area contributed by atoms with Gasteiger partial charge in [-0.25, -0.2) is 4.79 Å². The number of hydrogen-bond acceptors (Lipinski definition) is 5. The summed E-state index contributed by atoms with van der Waals surface area (Å²) in [4.78, 5) is 11.9. The number of rotatable bonds is 10. The highest BCUT2D eigenvalue weighted by Crippen LogP contribution is 2.17. The molecule has 0 aromatic carbocycles. The maximum atomic E-state index is 10.7. The summed E-state index contributed by atoms with van der Waals surface area (Å²) in [6.07, 6.45) is 0.820. The van der Waals surface area contributed by atoms with Gasteiger partial charge in [0.05, 0.1) is 19.8 Å². The van der Waals surface area contributed by atoms with Crippen LogP contribution in [0.25, 0.3) is 0 Å². The van der Waals surface area contributed by atoms with E-state index in [0.29, 0.717) is 37.9 Å². The van der Waals surface area contributed by atoms with Crippen molar-refractivity contribution in [1.29, 1.82) is 0 Å². The van der Waals surface area contributed by atoms with Gasteiger partial charge in [0, 0.05) is 25.2 Å². The van der Waals surface area contributed by atoms with Crippen molar-refractivity contribution in [2.75, 3.05) is 33.5 Å². The second-order valence-corrected chi connectivity index (χ2v) is 4.75. The highest BCUT2D eigenvalue weighted by Gasteiger charge is 2.06. The Hall–Kier alpha value is -0.950. The van der Waals surface area contributed by atoms with E-state index in [4.69, 9.17) is 19.3 Å². The van der Waals surface area contributed by atoms with E-state index >= 15 is 0 Å². The summed E-state index contributed by atoms with van der Waals surface area (Å²) in [5.74, 6) is -0.891. The van der Waals surface area contributed by atoms with Crippen LogP contribution >= 0.6 is 11.3 Å². The van der Waals surface area contributed by atoms with Crippen molar-refractivity contribution in [3.63, 3.8) is 0 Å². The van der Waals surface area contributed by atoms with Gasteiger partial charge in [0.2, 0.25) is 0 Å². The summed E-state index contributed by atoms with van der Waals surface area (Å²) in [6, 6.07) is 3.38. The molecule has 0 aliphatic rings. The van der Waals surface area contributed by atoms with Crippen molar-refractivity contribution >= 4 is 17.3 Å². The second-order valence-electron chi connectivity index (χ2n) is 3.58. The molecule has 0 saturated carbocycles. The van der Waals surface area contributed by atoms with Gasteiger partial charge in [-0.1, -0.05) is 0 Å². The fourth-order valence-electron chi connectivity index (χ4n) is 1.25. The molecule has 0 aliphatic heterocycles. The molecule has 0 spiro atoms. The Kier molecular flexibility index (Phi) is 7.59. The zero-order valence-corrected chi connectivity index (χ0v) is 11.2. The van der Waals surface area contributed by atoms with Gasteiger partial charge in [0.25, 0.3) is 0 Å². The van der Waals surface area contributed by atoms with E-state index in [1.807, 2.05) is 0 Å². The zero-order valence-electron chi connectivity index (χ0n) is 10.4. The molecule has 1 aromatic heterocycles. The maximum absolute atomic E-state index is 10.7. The normalized spacial score (nSPS) is 10.7. The van der Waals surface area contributed by atoms with Crippen molar-refractivity contribution in [3.8, 4) is 0 Å². The third-order valence-corrected chi connectivity index (χ3v) is 3.17. The van der Waals surface area contributed by atoms with E-state index in [1.54, 1.807) is 19.2 Å². The number of hydrogen-bond donors (Lipinski definition) is 1. The van der Waals surface area contributed by atoms with Gasteiger partial charge in [-0.15, -0.1) is 11.3 Å². The number of ether oxygens (including phenoxy) is 3. The van der Waals surface area contributed by atoms with Gasteiger partial charge in [-0.2, -0.15) is 0 Å². The first-order valence-electron chi connectivity index (χ1n) is 5.70. The van der Waals surface area contributed by atoms with Crippen LogP contribution in [0.1, 0.15) is 21.0 Å². The predicted octanol–water partition coefficient (Wildman–Crippen LogP) is 2.02. The topological polar surface area (TPSA) is 65.0 Å². The van der Waals surface area contributed by atoms with Gasteiger partial charge in [-0.3, -0.25) is 0 Å². The van der Waals surface area contributed by atoms with Gasteiger partial charge < -0.3 is 19.3 Å². The van der Waals surface area contributed by atoms with Gasteiger partial charge in [-0.05, 0) is 18.6 Å². The van der Waals surface area contributed by atoms with Crippen LogP contribution in [0.4, 0.5) is 0 Å². The molecule has 0 fully saturated rings. The number of methoxy groups -OCH3 is 1. The minimum atomic E-state index is -0.891. The quantitative estimate of drug-likeness (QED) is 0.661. The summed E-state index contributed by atoms with van der Waals surface area (Å²) in [5, 5.41) is 8.75. The minimum absolute atomic E-state index is 0.344. The summed E-state index contributed by atoms with van der Waals surface area (Å²) >= 11 is 1.24. The molecule has 0 amide bonds. The van der Waals surface area contributed by atoms with E-state index in [9.17, 15) is 4.79 Å². The fraction of sp³-hybridized carbons (Fsp3) is 0.583. The number of aromatic carboxylic acids is 1. The second kappa shape index (κ2) is 9.04. The zero-order chi connectivity index (χ0) is 13.2. The Morgan fingerprint density at radius 3 is 2.67 bits per heavy atom. The lowest BCUT2D eigenvalue weighted by atomic mass is 10.4. The van der Waals surface area contributed by atoms with Crippen LogP contribution in [-0.4, -0.2) is 44.6 Å². The van der Waals surface area contributed by atoms with Gasteiger partial charge in [0.1, 0.15) is 4.88 Å². The molecule has 18 heavy (non-hydrogen) atoms. The van der Waals surface area contributed by atoms with Crippen LogP contribution < -0.4 is 0 Å². The Balaban J connectivity index is 2.02. The van der Waals surface area contributed by atoms with Crippen LogP contribution in [0.5, 0.6) is 0 Å². The Labute approximate surface area is 110 Å². The maximum Gasteiger partial charge on any atom is 0.345 e. The highest BCUT2D eigenvalue weighted by atomic mass is 32.1. The minimum Gasteiger partial charge on any atom is -0.477 e. The van der Waals surface area contributed by atoms with E-state index < -0.39 is 5.97 Å². The van der Waals surface area contributed by atoms with Gasteiger partial charge in [0.15, 0.2) is 0 Å². The van der Waals surface area contributed by atoms with Crippen molar-refractivity contribution in [2.45, 2.75) is 13.0 Å². The molecule has 0 bridgehead atoms. The Morgan fingerprint density at radius 1 is 1.22 bits per heavy atom. The molecule has 0 unspecified atom stereocenters. The van der Waals surface area contributed by atoms with E-state index in [-0.39, 0.29) is 0 Å². The first-order chi connectivity index (χ1) is 8.74. The average Bonchev–Trinajstić information content (AvgIpc) is 2.81. The molecular formula is C12H18O5S. The summed E-state index contributed by atoms with van der Waals surface area (Å²) in [6.45, 7) is 2.91. The lowest BCUT2D eigenvalue weighted by Gasteiger charge is -2.04. The number of carboxylic acid groups (broad SMARTS) is 1. The number of carboxylic acids is 1. The lowest BCUT2D eigenvalue weighted by molar-refractivity contribution is 0.0488. The van der Waals surface area contributed by atoms with E-state index in [1.165, 1.54) is 11.3 Å². The third-order valence-electron chi connectivity index (χ3n) is 2.13. The predicted molar refractivity (Wildman–Crippen MR) is 68.2 cm³/mol. The van der Waals surface area contributed by atoms with Crippen molar-refractivity contribution in [2.24, 2.45) is 0 Å². The molecular weight excluding hydrogens is 256 g/mol. The smallest absolute Gasteiger partial charge is 0.345 e. The van der Waals surface area contributed by atoms with Crippen molar-refractivity contribution in [1.82, 2.24) is 0 Å². The molecule has 6 heteroatoms. The van der Waals surface area contributed by atoms with Crippen LogP contribution in [0, 0.1) is 0 Å². The molecule has 1 rings (SSSR count). The lowest BCUT2D eigenvalue weighted by Crippen LogP contribution is -2.05. The van der Waals surface area contributed by atoms with Crippen LogP contribution in [0.15, 0.2) is 12.1 Å². The number of thiophene rings is 1. The Morgan fingerprint density at radius 2 is 2.00 bits per heavy atom. The molecule has 1 N–H and O–H groups in total. The molecule has 102 valence electrons. The summed E-state index contributed by atoms with van der Waals surface area (Å²) in [5.41, 5.74) is 0. The largest absolute Gasteiger partial charge is 0.477 e. The van der Waals surface area contributed by atoms with E-state index in [2.05, 4.69) is 0 Å². The summed E-state index contributed by atoms with van der Waals surface area (Å²) < 4.78 is 15.6. The van der Waals surface area contributed by atoms with Crippen molar-refractivity contribution in [3.05, 3.63) is 21.9 Å². The molecule has 0 saturated heterocycles. The standard InChI is InChI=1S/C12H18O5S/c1-15-7-8-16-5-2-6-17-9-10-3-4-11(18-10)12(13)14/h3-4H,2,5-9H2,1H3,(H,13,14).